The Kier molecular flexibility index (Phi) is 3.94. The second-order valence-corrected chi connectivity index (χ2v) is 6.13. The third kappa shape index (κ3) is 2.74. The van der Waals surface area contributed by atoms with Gasteiger partial charge in [-0.3, -0.25) is 9.59 Å². The van der Waals surface area contributed by atoms with Crippen LogP contribution in [0.25, 0.3) is 10.9 Å². The maximum Gasteiger partial charge on any atom is 0.251 e. The Morgan fingerprint density at radius 1 is 1.09 bits per heavy atom. The van der Waals surface area contributed by atoms with Crippen LogP contribution in [0.15, 0.2) is 57.8 Å². The van der Waals surface area contributed by atoms with Crippen LogP contribution in [-0.4, -0.2) is 10.8 Å². The number of aromatic amines is 1. The van der Waals surface area contributed by atoms with E-state index in [1.165, 1.54) is 0 Å². The summed E-state index contributed by atoms with van der Waals surface area (Å²) in [5.41, 5.74) is 2.66. The summed E-state index contributed by atoms with van der Waals surface area (Å²) in [6.07, 6.45) is 0.220. The number of pyridine rings is 1. The minimum atomic E-state index is -0.141. The highest BCUT2D eigenvalue weighted by Crippen LogP contribution is 2.20. The van der Waals surface area contributed by atoms with Crippen LogP contribution in [0, 0.1) is 6.92 Å². The molecule has 1 N–H and O–H groups in total. The van der Waals surface area contributed by atoms with Gasteiger partial charge < -0.3 is 4.98 Å². The average Bonchev–Trinajstić information content (AvgIpc) is 2.52. The summed E-state index contributed by atoms with van der Waals surface area (Å²) < 4.78 is 0.932. The molecule has 3 aromatic rings. The molecule has 0 atom stereocenters. The maximum atomic E-state index is 12.5. The van der Waals surface area contributed by atoms with E-state index in [4.69, 9.17) is 0 Å². The van der Waals surface area contributed by atoms with E-state index in [0.29, 0.717) is 11.1 Å². The lowest BCUT2D eigenvalue weighted by Crippen LogP contribution is -2.15. The molecule has 4 heteroatoms. The first-order valence-corrected chi connectivity index (χ1v) is 7.75. The minimum Gasteiger partial charge on any atom is -0.322 e. The molecule has 22 heavy (non-hydrogen) atoms. The minimum absolute atomic E-state index is 0.00588. The third-order valence-corrected chi connectivity index (χ3v) is 4.33. The third-order valence-electron chi connectivity index (χ3n) is 3.80. The monoisotopic (exact) mass is 355 g/mol. The number of rotatable bonds is 3. The summed E-state index contributed by atoms with van der Waals surface area (Å²) in [4.78, 5) is 27.4. The van der Waals surface area contributed by atoms with E-state index in [-0.39, 0.29) is 17.8 Å². The highest BCUT2D eigenvalue weighted by Gasteiger charge is 2.14. The van der Waals surface area contributed by atoms with Gasteiger partial charge in [0, 0.05) is 32.9 Å². The summed E-state index contributed by atoms with van der Waals surface area (Å²) in [6.45, 7) is 1.76. The SMILES string of the molecule is Cc1c(CC(=O)c2ccc(Br)cc2)c2ccccc2[nH]c1=O. The van der Waals surface area contributed by atoms with Crippen LogP contribution in [0.1, 0.15) is 21.5 Å². The average molecular weight is 356 g/mol. The van der Waals surface area contributed by atoms with Gasteiger partial charge in [0.25, 0.3) is 5.56 Å². The number of aromatic nitrogens is 1. The summed E-state index contributed by atoms with van der Waals surface area (Å²) in [5.74, 6) is 0.00588. The molecule has 0 aliphatic carbocycles. The highest BCUT2D eigenvalue weighted by molar-refractivity contribution is 9.10. The second-order valence-electron chi connectivity index (χ2n) is 5.21. The Morgan fingerprint density at radius 3 is 2.50 bits per heavy atom. The molecule has 3 nitrogen and oxygen atoms in total. The standard InChI is InChI=1S/C18H14BrNO2/c1-11-15(10-17(21)12-6-8-13(19)9-7-12)14-4-2-3-5-16(14)20-18(11)22/h2-9H,10H2,1H3,(H,20,22). The Morgan fingerprint density at radius 2 is 1.77 bits per heavy atom. The molecular formula is C18H14BrNO2. The van der Waals surface area contributed by atoms with E-state index >= 15 is 0 Å². The van der Waals surface area contributed by atoms with Crippen molar-refractivity contribution in [1.29, 1.82) is 0 Å². The van der Waals surface area contributed by atoms with Gasteiger partial charge in [0.2, 0.25) is 0 Å². The van der Waals surface area contributed by atoms with Crippen molar-refractivity contribution >= 4 is 32.6 Å². The van der Waals surface area contributed by atoms with Crippen molar-refractivity contribution in [3.8, 4) is 0 Å². The van der Waals surface area contributed by atoms with Crippen molar-refractivity contribution in [2.24, 2.45) is 0 Å². The Balaban J connectivity index is 2.07. The first-order valence-electron chi connectivity index (χ1n) is 6.95. The van der Waals surface area contributed by atoms with Crippen LogP contribution >= 0.6 is 15.9 Å². The molecule has 0 aliphatic heterocycles. The van der Waals surface area contributed by atoms with Crippen LogP contribution in [0.4, 0.5) is 0 Å². The van der Waals surface area contributed by atoms with Crippen LogP contribution in [0.3, 0.4) is 0 Å². The van der Waals surface area contributed by atoms with Crippen LogP contribution in [0.5, 0.6) is 0 Å². The fourth-order valence-electron chi connectivity index (χ4n) is 2.54. The van der Waals surface area contributed by atoms with Gasteiger partial charge in [-0.05, 0) is 30.7 Å². The molecule has 3 rings (SSSR count). The quantitative estimate of drug-likeness (QED) is 0.721. The summed E-state index contributed by atoms with van der Waals surface area (Å²) in [7, 11) is 0. The number of hydrogen-bond acceptors (Lipinski definition) is 2. The van der Waals surface area contributed by atoms with E-state index < -0.39 is 0 Å². The molecule has 0 unspecified atom stereocenters. The maximum absolute atomic E-state index is 12.5. The zero-order valence-corrected chi connectivity index (χ0v) is 13.6. The number of hydrogen-bond donors (Lipinski definition) is 1. The molecular weight excluding hydrogens is 342 g/mol. The van der Waals surface area contributed by atoms with Gasteiger partial charge in [0.15, 0.2) is 5.78 Å². The molecule has 0 radical (unpaired) electrons. The van der Waals surface area contributed by atoms with Crippen molar-refractivity contribution in [3.63, 3.8) is 0 Å². The molecule has 1 aromatic heterocycles. The van der Waals surface area contributed by atoms with Crippen molar-refractivity contribution < 1.29 is 4.79 Å². The van der Waals surface area contributed by atoms with Gasteiger partial charge in [-0.2, -0.15) is 0 Å². The molecule has 0 saturated heterocycles. The lowest BCUT2D eigenvalue weighted by molar-refractivity contribution is 0.0993. The Hall–Kier alpha value is -2.20. The van der Waals surface area contributed by atoms with E-state index in [0.717, 1.165) is 20.9 Å². The molecule has 0 aliphatic rings. The number of carbonyl (C=O) groups is 1. The smallest absolute Gasteiger partial charge is 0.251 e. The zero-order valence-electron chi connectivity index (χ0n) is 12.0. The van der Waals surface area contributed by atoms with E-state index in [2.05, 4.69) is 20.9 Å². The number of halogens is 1. The second kappa shape index (κ2) is 5.89. The summed E-state index contributed by atoms with van der Waals surface area (Å²) in [5, 5.41) is 0.921. The number of ketones is 1. The lowest BCUT2D eigenvalue weighted by Gasteiger charge is -2.09. The van der Waals surface area contributed by atoms with Gasteiger partial charge in [-0.15, -0.1) is 0 Å². The molecule has 0 amide bonds. The van der Waals surface area contributed by atoms with Gasteiger partial charge in [-0.25, -0.2) is 0 Å². The number of benzene rings is 2. The number of H-pyrrole nitrogens is 1. The first-order chi connectivity index (χ1) is 10.6. The Bertz CT molecular complexity index is 911. The van der Waals surface area contributed by atoms with E-state index in [1.54, 1.807) is 19.1 Å². The van der Waals surface area contributed by atoms with Gasteiger partial charge in [0.1, 0.15) is 0 Å². The van der Waals surface area contributed by atoms with Crippen LogP contribution in [-0.2, 0) is 6.42 Å². The Labute approximate surface area is 136 Å². The van der Waals surface area contributed by atoms with Crippen molar-refractivity contribution in [3.05, 3.63) is 80.0 Å². The molecule has 110 valence electrons. The largest absolute Gasteiger partial charge is 0.322 e. The number of Topliss-reactive ketones (excluding diaryl/α,β-unsaturated/α-hetero) is 1. The zero-order chi connectivity index (χ0) is 15.7. The van der Waals surface area contributed by atoms with Crippen LogP contribution in [0.2, 0.25) is 0 Å². The summed E-state index contributed by atoms with van der Waals surface area (Å²) in [6, 6.07) is 14.8. The number of para-hydroxylation sites is 1. The highest BCUT2D eigenvalue weighted by atomic mass is 79.9. The first kappa shape index (κ1) is 14.7. The fourth-order valence-corrected chi connectivity index (χ4v) is 2.80. The predicted molar refractivity (Wildman–Crippen MR) is 91.5 cm³/mol. The van der Waals surface area contributed by atoms with Crippen molar-refractivity contribution in [2.75, 3.05) is 0 Å². The molecule has 0 spiro atoms. The molecule has 0 fully saturated rings. The van der Waals surface area contributed by atoms with Crippen LogP contribution < -0.4 is 5.56 Å². The van der Waals surface area contributed by atoms with Crippen molar-refractivity contribution in [1.82, 2.24) is 4.98 Å². The van der Waals surface area contributed by atoms with E-state index in [1.807, 2.05) is 36.4 Å². The van der Waals surface area contributed by atoms with Crippen molar-refractivity contribution in [2.45, 2.75) is 13.3 Å². The summed E-state index contributed by atoms with van der Waals surface area (Å²) >= 11 is 3.36. The predicted octanol–water partition coefficient (Wildman–Crippen LogP) is 4.02. The number of nitrogens with one attached hydrogen (secondary N) is 1. The molecule has 2 aromatic carbocycles. The number of carbonyl (C=O) groups excluding carboxylic acids is 1. The topological polar surface area (TPSA) is 49.9 Å². The lowest BCUT2D eigenvalue weighted by atomic mass is 9.96. The van der Waals surface area contributed by atoms with E-state index in [9.17, 15) is 9.59 Å². The number of fused-ring (bicyclic) bond motifs is 1. The normalized spacial score (nSPS) is 10.8. The molecule has 0 saturated carbocycles. The van der Waals surface area contributed by atoms with Gasteiger partial charge in [0.05, 0.1) is 0 Å². The van der Waals surface area contributed by atoms with Gasteiger partial charge >= 0.3 is 0 Å². The molecule has 1 heterocycles. The fraction of sp³-hybridized carbons (Fsp3) is 0.111. The molecule has 0 bridgehead atoms. The van der Waals surface area contributed by atoms with Gasteiger partial charge in [-0.1, -0.05) is 46.3 Å².